The number of hydrogen-bond acceptors (Lipinski definition) is 1. The predicted octanol–water partition coefficient (Wildman–Crippen LogP) is 4.49. The van der Waals surface area contributed by atoms with Gasteiger partial charge in [-0.2, -0.15) is 0 Å². The molecule has 0 aliphatic carbocycles. The number of carbonyl (C=O) groups excluding carboxylic acids is 1. The molecule has 0 N–H and O–H groups in total. The smallest absolute Gasteiger partial charge is 0.256 e. The Morgan fingerprint density at radius 2 is 2.00 bits per heavy atom. The molecule has 1 aromatic rings. The standard InChI is InChI=1S/C14H17BrClNO/c1-8(14(2,3)4)17-7-9-5-10(15)6-11(16)12(9)13(17)18/h5-6,8H,7H2,1-4H3. The summed E-state index contributed by atoms with van der Waals surface area (Å²) in [7, 11) is 0. The molecule has 0 fully saturated rings. The minimum atomic E-state index is 0.0462. The molecular weight excluding hydrogens is 314 g/mol. The molecule has 1 heterocycles. The van der Waals surface area contributed by atoms with Gasteiger partial charge in [-0.15, -0.1) is 0 Å². The molecule has 1 atom stereocenters. The van der Waals surface area contributed by atoms with Crippen LogP contribution in [-0.4, -0.2) is 16.8 Å². The van der Waals surface area contributed by atoms with Crippen LogP contribution < -0.4 is 0 Å². The van der Waals surface area contributed by atoms with Crippen molar-refractivity contribution in [3.05, 3.63) is 32.8 Å². The third kappa shape index (κ3) is 2.30. The van der Waals surface area contributed by atoms with Crippen molar-refractivity contribution in [2.75, 3.05) is 0 Å². The van der Waals surface area contributed by atoms with Crippen molar-refractivity contribution in [1.29, 1.82) is 0 Å². The number of fused-ring (bicyclic) bond motifs is 1. The summed E-state index contributed by atoms with van der Waals surface area (Å²) in [6, 6.07) is 3.94. The number of halogens is 2. The van der Waals surface area contributed by atoms with Gasteiger partial charge in [0.15, 0.2) is 0 Å². The monoisotopic (exact) mass is 329 g/mol. The zero-order valence-corrected chi connectivity index (χ0v) is 13.4. The molecule has 1 aliphatic heterocycles. The molecule has 98 valence electrons. The lowest BCUT2D eigenvalue weighted by Gasteiger charge is -2.35. The Labute approximate surface area is 121 Å². The molecule has 1 amide bonds. The predicted molar refractivity (Wildman–Crippen MR) is 77.9 cm³/mol. The highest BCUT2D eigenvalue weighted by atomic mass is 79.9. The number of benzene rings is 1. The zero-order chi connectivity index (χ0) is 13.7. The number of carbonyl (C=O) groups is 1. The van der Waals surface area contributed by atoms with Crippen LogP contribution in [0.3, 0.4) is 0 Å². The Bertz CT molecular complexity index is 507. The summed E-state index contributed by atoms with van der Waals surface area (Å²) in [5.74, 6) is 0.0462. The maximum Gasteiger partial charge on any atom is 0.256 e. The van der Waals surface area contributed by atoms with Crippen molar-refractivity contribution in [2.45, 2.75) is 40.3 Å². The maximum absolute atomic E-state index is 12.4. The van der Waals surface area contributed by atoms with Gasteiger partial charge < -0.3 is 4.90 Å². The minimum Gasteiger partial charge on any atom is -0.331 e. The van der Waals surface area contributed by atoms with Gasteiger partial charge in [-0.3, -0.25) is 4.79 Å². The summed E-state index contributed by atoms with van der Waals surface area (Å²) in [5, 5.41) is 0.535. The minimum absolute atomic E-state index is 0.0462. The summed E-state index contributed by atoms with van der Waals surface area (Å²) in [6.07, 6.45) is 0. The second-order valence-corrected chi connectivity index (χ2v) is 7.22. The van der Waals surface area contributed by atoms with Crippen molar-refractivity contribution >= 4 is 33.4 Å². The molecule has 0 spiro atoms. The number of hydrogen-bond donors (Lipinski definition) is 0. The summed E-state index contributed by atoms with van der Waals surface area (Å²) in [4.78, 5) is 14.3. The quantitative estimate of drug-likeness (QED) is 0.743. The van der Waals surface area contributed by atoms with Gasteiger partial charge in [0.2, 0.25) is 0 Å². The average molecular weight is 331 g/mol. The van der Waals surface area contributed by atoms with Gasteiger partial charge in [0, 0.05) is 17.1 Å². The third-order valence-electron chi connectivity index (χ3n) is 3.67. The number of rotatable bonds is 1. The van der Waals surface area contributed by atoms with E-state index in [0.29, 0.717) is 17.1 Å². The Hall–Kier alpha value is -0.540. The molecule has 4 heteroatoms. The molecule has 0 radical (unpaired) electrons. The molecule has 2 rings (SSSR count). The van der Waals surface area contributed by atoms with Crippen LogP contribution in [0.1, 0.15) is 43.6 Å². The van der Waals surface area contributed by atoms with Gasteiger partial charge in [0.1, 0.15) is 0 Å². The van der Waals surface area contributed by atoms with E-state index < -0.39 is 0 Å². The molecule has 0 bridgehead atoms. The van der Waals surface area contributed by atoms with Crippen LogP contribution in [0.4, 0.5) is 0 Å². The van der Waals surface area contributed by atoms with E-state index in [1.54, 1.807) is 6.07 Å². The zero-order valence-electron chi connectivity index (χ0n) is 11.1. The molecule has 0 saturated carbocycles. The van der Waals surface area contributed by atoms with Gasteiger partial charge in [-0.05, 0) is 30.0 Å². The van der Waals surface area contributed by atoms with E-state index in [0.717, 1.165) is 10.0 Å². The van der Waals surface area contributed by atoms with Gasteiger partial charge in [0.05, 0.1) is 10.6 Å². The summed E-state index contributed by atoms with van der Waals surface area (Å²) in [6.45, 7) is 9.17. The lowest BCUT2D eigenvalue weighted by atomic mass is 9.87. The topological polar surface area (TPSA) is 20.3 Å². The van der Waals surface area contributed by atoms with Gasteiger partial charge in [-0.25, -0.2) is 0 Å². The highest BCUT2D eigenvalue weighted by molar-refractivity contribution is 9.10. The summed E-state index contributed by atoms with van der Waals surface area (Å²) < 4.78 is 0.921. The van der Waals surface area contributed by atoms with Crippen molar-refractivity contribution in [1.82, 2.24) is 4.90 Å². The maximum atomic E-state index is 12.4. The van der Waals surface area contributed by atoms with E-state index in [-0.39, 0.29) is 17.4 Å². The van der Waals surface area contributed by atoms with E-state index in [1.807, 2.05) is 11.0 Å². The average Bonchev–Trinajstić information content (AvgIpc) is 2.53. The Morgan fingerprint density at radius 1 is 1.39 bits per heavy atom. The summed E-state index contributed by atoms with van der Waals surface area (Å²) in [5.41, 5.74) is 1.73. The molecule has 1 aliphatic rings. The molecule has 2 nitrogen and oxygen atoms in total. The molecule has 0 saturated heterocycles. The Balaban J connectivity index is 2.40. The van der Waals surface area contributed by atoms with Crippen molar-refractivity contribution in [2.24, 2.45) is 5.41 Å². The first-order chi connectivity index (χ1) is 8.21. The number of amides is 1. The highest BCUT2D eigenvalue weighted by Gasteiger charge is 2.37. The van der Waals surface area contributed by atoms with E-state index in [9.17, 15) is 4.79 Å². The van der Waals surface area contributed by atoms with E-state index >= 15 is 0 Å². The van der Waals surface area contributed by atoms with Crippen LogP contribution >= 0.6 is 27.5 Å². The first-order valence-electron chi connectivity index (χ1n) is 6.00. The van der Waals surface area contributed by atoms with Crippen LogP contribution in [0.5, 0.6) is 0 Å². The van der Waals surface area contributed by atoms with E-state index in [4.69, 9.17) is 11.6 Å². The van der Waals surface area contributed by atoms with Crippen LogP contribution in [0.15, 0.2) is 16.6 Å². The van der Waals surface area contributed by atoms with E-state index in [2.05, 4.69) is 43.6 Å². The Morgan fingerprint density at radius 3 is 2.56 bits per heavy atom. The SMILES string of the molecule is CC(N1Cc2cc(Br)cc(Cl)c2C1=O)C(C)(C)C. The lowest BCUT2D eigenvalue weighted by Crippen LogP contribution is -2.41. The molecule has 1 aromatic carbocycles. The lowest BCUT2D eigenvalue weighted by molar-refractivity contribution is 0.0579. The number of nitrogens with zero attached hydrogens (tertiary/aromatic N) is 1. The first-order valence-corrected chi connectivity index (χ1v) is 7.18. The van der Waals surface area contributed by atoms with Gasteiger partial charge in [-0.1, -0.05) is 48.3 Å². The molecule has 18 heavy (non-hydrogen) atoms. The second-order valence-electron chi connectivity index (χ2n) is 5.90. The van der Waals surface area contributed by atoms with Crippen LogP contribution in [0.2, 0.25) is 5.02 Å². The highest BCUT2D eigenvalue weighted by Crippen LogP contribution is 2.36. The van der Waals surface area contributed by atoms with Crippen molar-refractivity contribution < 1.29 is 4.79 Å². The molecule has 0 aromatic heterocycles. The van der Waals surface area contributed by atoms with Crippen LogP contribution in [0.25, 0.3) is 0 Å². The Kier molecular flexibility index (Phi) is 3.50. The van der Waals surface area contributed by atoms with Gasteiger partial charge >= 0.3 is 0 Å². The first kappa shape index (κ1) is 13.9. The fourth-order valence-corrected chi connectivity index (χ4v) is 3.13. The largest absolute Gasteiger partial charge is 0.331 e. The fraction of sp³-hybridized carbons (Fsp3) is 0.500. The van der Waals surface area contributed by atoms with Crippen molar-refractivity contribution in [3.8, 4) is 0 Å². The molecular formula is C14H17BrClNO. The second kappa shape index (κ2) is 4.53. The fourth-order valence-electron chi connectivity index (χ4n) is 2.17. The normalized spacial score (nSPS) is 17.0. The van der Waals surface area contributed by atoms with Crippen LogP contribution in [-0.2, 0) is 6.54 Å². The van der Waals surface area contributed by atoms with Crippen LogP contribution in [0, 0.1) is 5.41 Å². The third-order valence-corrected chi connectivity index (χ3v) is 4.43. The van der Waals surface area contributed by atoms with Crippen molar-refractivity contribution in [3.63, 3.8) is 0 Å². The summed E-state index contributed by atoms with van der Waals surface area (Å²) >= 11 is 9.59. The molecule has 1 unspecified atom stereocenters. The van der Waals surface area contributed by atoms with Gasteiger partial charge in [0.25, 0.3) is 5.91 Å². The van der Waals surface area contributed by atoms with E-state index in [1.165, 1.54) is 0 Å².